The van der Waals surface area contributed by atoms with Crippen LogP contribution in [0.2, 0.25) is 0 Å². The van der Waals surface area contributed by atoms with Gasteiger partial charge in [0.05, 0.1) is 25.3 Å². The van der Waals surface area contributed by atoms with Crippen molar-refractivity contribution >= 4 is 52.8 Å². The Kier molecular flexibility index (Phi) is 11.7. The van der Waals surface area contributed by atoms with Crippen molar-refractivity contribution in [2.24, 2.45) is 0 Å². The van der Waals surface area contributed by atoms with Crippen LogP contribution >= 0.6 is 24.0 Å². The standard InChI is InChI=1S/C28H38ClF2N9O3.ClH/c1-36(2)10-5-15-43-21-7-4-6-20-23(21)32-25(24(30)31)40(20)28-34-26(33-27(35-28)39-13-16-42-17-14-39)38-11-8-19(9-12-38)37(3)22(41)18-29;/h4,6-7,19,24H,5,8-18H2,1-3H3;1H. The molecule has 0 spiro atoms. The van der Waals surface area contributed by atoms with E-state index in [-0.39, 0.29) is 36.2 Å². The highest BCUT2D eigenvalue weighted by molar-refractivity contribution is 6.27. The number of morpholine rings is 1. The molecular formula is C28H39Cl2F2N9O3. The van der Waals surface area contributed by atoms with Crippen LogP contribution in [-0.2, 0) is 9.53 Å². The number of imidazole rings is 1. The van der Waals surface area contributed by atoms with Gasteiger partial charge in [-0.1, -0.05) is 6.07 Å². The third-order valence-electron chi connectivity index (χ3n) is 7.77. The molecule has 4 heterocycles. The van der Waals surface area contributed by atoms with E-state index in [9.17, 15) is 13.6 Å². The maximum atomic E-state index is 14.5. The van der Waals surface area contributed by atoms with Crippen molar-refractivity contribution in [3.8, 4) is 11.7 Å². The molecule has 44 heavy (non-hydrogen) atoms. The second-order valence-electron chi connectivity index (χ2n) is 10.9. The van der Waals surface area contributed by atoms with E-state index in [1.165, 1.54) is 4.57 Å². The summed E-state index contributed by atoms with van der Waals surface area (Å²) in [5.41, 5.74) is 0.746. The molecule has 0 unspecified atom stereocenters. The van der Waals surface area contributed by atoms with Crippen molar-refractivity contribution in [3.63, 3.8) is 0 Å². The fourth-order valence-corrected chi connectivity index (χ4v) is 5.56. The molecule has 1 aromatic carbocycles. The topological polar surface area (TPSA) is 105 Å². The summed E-state index contributed by atoms with van der Waals surface area (Å²) in [5.74, 6) is 0.606. The highest BCUT2D eigenvalue weighted by Crippen LogP contribution is 2.33. The second kappa shape index (κ2) is 15.3. The van der Waals surface area contributed by atoms with Crippen molar-refractivity contribution < 1.29 is 23.0 Å². The molecule has 2 fully saturated rings. The molecule has 0 bridgehead atoms. The molecule has 242 valence electrons. The van der Waals surface area contributed by atoms with Gasteiger partial charge in [-0.2, -0.15) is 15.0 Å². The Morgan fingerprint density at radius 2 is 1.66 bits per heavy atom. The first-order valence-electron chi connectivity index (χ1n) is 14.5. The quantitative estimate of drug-likeness (QED) is 0.225. The minimum Gasteiger partial charge on any atom is -0.491 e. The average Bonchev–Trinajstić information content (AvgIpc) is 3.43. The fourth-order valence-electron chi connectivity index (χ4n) is 5.37. The lowest BCUT2D eigenvalue weighted by atomic mass is 10.0. The van der Waals surface area contributed by atoms with Gasteiger partial charge in [0.1, 0.15) is 17.1 Å². The van der Waals surface area contributed by atoms with Gasteiger partial charge in [-0.3, -0.25) is 9.36 Å². The zero-order chi connectivity index (χ0) is 30.5. The minimum atomic E-state index is -2.88. The van der Waals surface area contributed by atoms with Gasteiger partial charge in [-0.25, -0.2) is 13.8 Å². The molecule has 2 aliphatic heterocycles. The number of benzene rings is 1. The van der Waals surface area contributed by atoms with Crippen LogP contribution in [0.25, 0.3) is 17.0 Å². The number of rotatable bonds is 11. The SMILES string of the molecule is CN(C)CCCOc1cccc2c1nc(C(F)F)n2-c1nc(N2CCOCC2)nc(N2CCC(N(C)C(=O)CCl)CC2)n1.Cl. The van der Waals surface area contributed by atoms with Gasteiger partial charge in [0.15, 0.2) is 5.82 Å². The van der Waals surface area contributed by atoms with Gasteiger partial charge in [-0.15, -0.1) is 24.0 Å². The van der Waals surface area contributed by atoms with Crippen LogP contribution in [-0.4, -0.2) is 126 Å². The number of piperidine rings is 1. The largest absolute Gasteiger partial charge is 0.491 e. The normalized spacial score (nSPS) is 16.1. The molecule has 16 heteroatoms. The number of alkyl halides is 3. The monoisotopic (exact) mass is 657 g/mol. The highest BCUT2D eigenvalue weighted by Gasteiger charge is 2.30. The van der Waals surface area contributed by atoms with Crippen LogP contribution in [0.5, 0.6) is 5.75 Å². The lowest BCUT2D eigenvalue weighted by molar-refractivity contribution is -0.129. The molecule has 0 atom stereocenters. The van der Waals surface area contributed by atoms with Gasteiger partial charge in [0.25, 0.3) is 6.43 Å². The van der Waals surface area contributed by atoms with Gasteiger partial charge in [0, 0.05) is 45.8 Å². The Balaban J connectivity index is 0.00000442. The first kappa shape index (κ1) is 33.8. The summed E-state index contributed by atoms with van der Waals surface area (Å²) in [6.07, 6.45) is -0.722. The molecule has 2 aromatic heterocycles. The molecule has 1 amide bonds. The van der Waals surface area contributed by atoms with E-state index in [0.29, 0.717) is 87.5 Å². The number of hydrogen-bond donors (Lipinski definition) is 0. The molecule has 3 aromatic rings. The number of carbonyl (C=O) groups excluding carboxylic acids is 1. The third kappa shape index (κ3) is 7.59. The molecule has 0 N–H and O–H groups in total. The number of anilines is 2. The molecular weight excluding hydrogens is 619 g/mol. The third-order valence-corrected chi connectivity index (χ3v) is 8.00. The van der Waals surface area contributed by atoms with Gasteiger partial charge >= 0.3 is 0 Å². The molecule has 2 aliphatic rings. The molecule has 2 saturated heterocycles. The number of fused-ring (bicyclic) bond motifs is 1. The first-order chi connectivity index (χ1) is 20.8. The highest BCUT2D eigenvalue weighted by atomic mass is 35.5. The lowest BCUT2D eigenvalue weighted by Crippen LogP contribution is -2.46. The van der Waals surface area contributed by atoms with Crippen molar-refractivity contribution in [2.75, 3.05) is 89.4 Å². The molecule has 5 rings (SSSR count). The molecule has 12 nitrogen and oxygen atoms in total. The van der Waals surface area contributed by atoms with E-state index in [1.54, 1.807) is 30.1 Å². The smallest absolute Gasteiger partial charge is 0.296 e. The number of ether oxygens (including phenoxy) is 2. The number of aromatic nitrogens is 5. The number of nitrogens with zero attached hydrogens (tertiary/aromatic N) is 9. The zero-order valence-electron chi connectivity index (χ0n) is 25.2. The van der Waals surface area contributed by atoms with Crippen LogP contribution in [0, 0.1) is 0 Å². The number of para-hydroxylation sites is 1. The van der Waals surface area contributed by atoms with Crippen molar-refractivity contribution in [2.45, 2.75) is 31.7 Å². The van der Waals surface area contributed by atoms with Crippen molar-refractivity contribution in [3.05, 3.63) is 24.0 Å². The van der Waals surface area contributed by atoms with E-state index < -0.39 is 12.2 Å². The fraction of sp³-hybridized carbons (Fsp3) is 0.607. The van der Waals surface area contributed by atoms with E-state index in [1.807, 2.05) is 23.9 Å². The van der Waals surface area contributed by atoms with Crippen LogP contribution in [0.1, 0.15) is 31.5 Å². The van der Waals surface area contributed by atoms with Gasteiger partial charge in [0.2, 0.25) is 23.8 Å². The average molecular weight is 659 g/mol. The molecule has 0 aliphatic carbocycles. The van der Waals surface area contributed by atoms with E-state index in [0.717, 1.165) is 13.0 Å². The second-order valence-corrected chi connectivity index (χ2v) is 11.2. The zero-order valence-corrected chi connectivity index (χ0v) is 26.7. The maximum absolute atomic E-state index is 14.5. The van der Waals surface area contributed by atoms with Crippen molar-refractivity contribution in [1.82, 2.24) is 34.3 Å². The Bertz CT molecular complexity index is 1400. The number of hydrogen-bond acceptors (Lipinski definition) is 10. The number of amides is 1. The van der Waals surface area contributed by atoms with Gasteiger partial charge in [-0.05, 0) is 45.5 Å². The van der Waals surface area contributed by atoms with Gasteiger partial charge < -0.3 is 29.1 Å². The summed E-state index contributed by atoms with van der Waals surface area (Å²) >= 11 is 5.76. The summed E-state index contributed by atoms with van der Waals surface area (Å²) in [6, 6.07) is 5.25. The lowest BCUT2D eigenvalue weighted by Gasteiger charge is -2.37. The summed E-state index contributed by atoms with van der Waals surface area (Å²) in [5, 5.41) is 0. The Labute approximate surface area is 266 Å². The summed E-state index contributed by atoms with van der Waals surface area (Å²) in [4.78, 5) is 38.3. The van der Waals surface area contributed by atoms with Crippen LogP contribution in [0.15, 0.2) is 18.2 Å². The maximum Gasteiger partial charge on any atom is 0.296 e. The Hall–Kier alpha value is -3.07. The summed E-state index contributed by atoms with van der Waals surface area (Å²) < 4.78 is 41.8. The van der Waals surface area contributed by atoms with Crippen molar-refractivity contribution in [1.29, 1.82) is 0 Å². The predicted octanol–water partition coefficient (Wildman–Crippen LogP) is 3.40. The minimum absolute atomic E-state index is 0. The molecule has 0 radical (unpaired) electrons. The van der Waals surface area contributed by atoms with Crippen LogP contribution in [0.3, 0.4) is 0 Å². The number of halogens is 4. The van der Waals surface area contributed by atoms with Crippen LogP contribution < -0.4 is 14.5 Å². The Morgan fingerprint density at radius 1 is 1.02 bits per heavy atom. The summed E-state index contributed by atoms with van der Waals surface area (Å²) in [7, 11) is 5.72. The number of carbonyl (C=O) groups is 1. The predicted molar refractivity (Wildman–Crippen MR) is 167 cm³/mol. The van der Waals surface area contributed by atoms with E-state index in [2.05, 4.69) is 14.9 Å². The van der Waals surface area contributed by atoms with E-state index in [4.69, 9.17) is 31.0 Å². The molecule has 0 saturated carbocycles. The Morgan fingerprint density at radius 3 is 2.27 bits per heavy atom. The van der Waals surface area contributed by atoms with E-state index >= 15 is 0 Å². The van der Waals surface area contributed by atoms with Crippen LogP contribution in [0.4, 0.5) is 20.7 Å². The first-order valence-corrected chi connectivity index (χ1v) is 15.0. The summed E-state index contributed by atoms with van der Waals surface area (Å²) in [6.45, 7) is 4.55.